The van der Waals surface area contributed by atoms with Crippen LogP contribution in [0, 0.1) is 0 Å². The Morgan fingerprint density at radius 3 is 2.77 bits per heavy atom. The maximum Gasteiger partial charge on any atom is 0.195 e. The highest BCUT2D eigenvalue weighted by atomic mass is 16.5. The molecule has 7 heteroatoms. The minimum absolute atomic E-state index is 0.601. The SMILES string of the molecule is CCNC(=NCCCc1cnn(C)c1)Nc1ccc(OCC)c(OC)c1. The van der Waals surface area contributed by atoms with Crippen LogP contribution in [0.3, 0.4) is 0 Å². The van der Waals surface area contributed by atoms with Gasteiger partial charge in [0.1, 0.15) is 0 Å². The highest BCUT2D eigenvalue weighted by molar-refractivity contribution is 5.93. The summed E-state index contributed by atoms with van der Waals surface area (Å²) in [6, 6.07) is 5.76. The lowest BCUT2D eigenvalue weighted by Gasteiger charge is -2.14. The highest BCUT2D eigenvalue weighted by Gasteiger charge is 2.07. The molecule has 7 nitrogen and oxygen atoms in total. The smallest absolute Gasteiger partial charge is 0.195 e. The molecule has 0 unspecified atom stereocenters. The van der Waals surface area contributed by atoms with E-state index in [1.807, 2.05) is 56.2 Å². The van der Waals surface area contributed by atoms with Crippen molar-refractivity contribution < 1.29 is 9.47 Å². The zero-order valence-electron chi connectivity index (χ0n) is 16.1. The molecule has 142 valence electrons. The summed E-state index contributed by atoms with van der Waals surface area (Å²) < 4.78 is 12.8. The Morgan fingerprint density at radius 2 is 2.12 bits per heavy atom. The van der Waals surface area contributed by atoms with Gasteiger partial charge in [0.15, 0.2) is 17.5 Å². The van der Waals surface area contributed by atoms with Gasteiger partial charge in [-0.3, -0.25) is 9.67 Å². The summed E-state index contributed by atoms with van der Waals surface area (Å²) in [7, 11) is 3.57. The van der Waals surface area contributed by atoms with Crippen LogP contribution in [0.5, 0.6) is 11.5 Å². The number of guanidine groups is 1. The van der Waals surface area contributed by atoms with E-state index in [2.05, 4.69) is 20.7 Å². The average Bonchev–Trinajstić information content (AvgIpc) is 3.05. The number of benzene rings is 1. The molecule has 1 heterocycles. The van der Waals surface area contributed by atoms with Crippen LogP contribution >= 0.6 is 0 Å². The van der Waals surface area contributed by atoms with E-state index in [-0.39, 0.29) is 0 Å². The molecule has 0 spiro atoms. The van der Waals surface area contributed by atoms with E-state index >= 15 is 0 Å². The van der Waals surface area contributed by atoms with Crippen molar-refractivity contribution in [3.05, 3.63) is 36.2 Å². The number of aliphatic imine (C=N–C) groups is 1. The monoisotopic (exact) mass is 359 g/mol. The second kappa shape index (κ2) is 10.3. The minimum atomic E-state index is 0.601. The Hall–Kier alpha value is -2.70. The van der Waals surface area contributed by atoms with E-state index in [1.165, 1.54) is 5.56 Å². The predicted molar refractivity (Wildman–Crippen MR) is 105 cm³/mol. The van der Waals surface area contributed by atoms with Crippen LogP contribution in [0.1, 0.15) is 25.8 Å². The summed E-state index contributed by atoms with van der Waals surface area (Å²) in [5.74, 6) is 2.19. The fourth-order valence-corrected chi connectivity index (χ4v) is 2.54. The first kappa shape index (κ1) is 19.6. The molecular weight excluding hydrogens is 330 g/mol. The first-order chi connectivity index (χ1) is 12.7. The van der Waals surface area contributed by atoms with E-state index in [1.54, 1.807) is 7.11 Å². The van der Waals surface area contributed by atoms with Gasteiger partial charge < -0.3 is 20.1 Å². The van der Waals surface area contributed by atoms with Gasteiger partial charge in [0.2, 0.25) is 0 Å². The Labute approximate surface area is 155 Å². The summed E-state index contributed by atoms with van der Waals surface area (Å²) in [5, 5.41) is 10.8. The molecule has 0 aliphatic heterocycles. The molecule has 26 heavy (non-hydrogen) atoms. The van der Waals surface area contributed by atoms with Gasteiger partial charge in [-0.1, -0.05) is 0 Å². The molecule has 0 saturated carbocycles. The molecule has 0 atom stereocenters. The van der Waals surface area contributed by atoms with Crippen LogP contribution in [-0.2, 0) is 13.5 Å². The maximum atomic E-state index is 5.55. The van der Waals surface area contributed by atoms with Gasteiger partial charge in [-0.25, -0.2) is 0 Å². The van der Waals surface area contributed by atoms with E-state index in [9.17, 15) is 0 Å². The van der Waals surface area contributed by atoms with E-state index in [4.69, 9.17) is 9.47 Å². The third-order valence-corrected chi connectivity index (χ3v) is 3.72. The lowest BCUT2D eigenvalue weighted by atomic mass is 10.2. The number of nitrogens with zero attached hydrogens (tertiary/aromatic N) is 3. The molecule has 0 radical (unpaired) electrons. The van der Waals surface area contributed by atoms with Crippen LogP contribution in [0.4, 0.5) is 5.69 Å². The quantitative estimate of drug-likeness (QED) is 0.409. The molecule has 1 aromatic carbocycles. The number of nitrogens with one attached hydrogen (secondary N) is 2. The minimum Gasteiger partial charge on any atom is -0.493 e. The van der Waals surface area contributed by atoms with Gasteiger partial charge in [-0.15, -0.1) is 0 Å². The number of anilines is 1. The number of aryl methyl sites for hydroxylation is 2. The summed E-state index contributed by atoms with van der Waals surface area (Å²) in [5.41, 5.74) is 2.13. The Balaban J connectivity index is 1.95. The van der Waals surface area contributed by atoms with Crippen LogP contribution < -0.4 is 20.1 Å². The van der Waals surface area contributed by atoms with Crippen LogP contribution in [0.2, 0.25) is 0 Å². The lowest BCUT2D eigenvalue weighted by Crippen LogP contribution is -2.30. The summed E-state index contributed by atoms with van der Waals surface area (Å²) in [4.78, 5) is 4.64. The third kappa shape index (κ3) is 5.98. The van der Waals surface area contributed by atoms with Crippen molar-refractivity contribution in [3.63, 3.8) is 0 Å². The number of hydrogen-bond acceptors (Lipinski definition) is 4. The molecule has 0 bridgehead atoms. The molecule has 0 aliphatic carbocycles. The van der Waals surface area contributed by atoms with Crippen LogP contribution in [0.15, 0.2) is 35.6 Å². The predicted octanol–water partition coefficient (Wildman–Crippen LogP) is 2.84. The van der Waals surface area contributed by atoms with Crippen LogP contribution in [0.25, 0.3) is 0 Å². The highest BCUT2D eigenvalue weighted by Crippen LogP contribution is 2.30. The molecule has 2 rings (SSSR count). The van der Waals surface area contributed by atoms with Gasteiger partial charge >= 0.3 is 0 Å². The van der Waals surface area contributed by atoms with Crippen molar-refractivity contribution in [2.75, 3.05) is 32.1 Å². The number of hydrogen-bond donors (Lipinski definition) is 2. The number of rotatable bonds is 9. The maximum absolute atomic E-state index is 5.55. The summed E-state index contributed by atoms with van der Waals surface area (Å²) in [6.45, 7) is 6.13. The lowest BCUT2D eigenvalue weighted by molar-refractivity contribution is 0.311. The Bertz CT molecular complexity index is 712. The molecule has 2 N–H and O–H groups in total. The Kier molecular flexibility index (Phi) is 7.79. The van der Waals surface area contributed by atoms with Crippen molar-refractivity contribution >= 4 is 11.6 Å². The largest absolute Gasteiger partial charge is 0.493 e. The zero-order valence-corrected chi connectivity index (χ0v) is 16.1. The van der Waals surface area contributed by atoms with Crippen molar-refractivity contribution in [1.29, 1.82) is 0 Å². The molecule has 0 saturated heterocycles. The standard InChI is InChI=1S/C19H29N5O2/c1-5-20-19(21-11-7-8-15-13-22-24(3)14-15)23-16-9-10-17(26-6-2)18(12-16)25-4/h9-10,12-14H,5-8,11H2,1-4H3,(H2,20,21,23). The molecule has 2 aromatic rings. The zero-order chi connectivity index (χ0) is 18.8. The second-order valence-corrected chi connectivity index (χ2v) is 5.81. The van der Waals surface area contributed by atoms with Gasteiger partial charge in [0.25, 0.3) is 0 Å². The fourth-order valence-electron chi connectivity index (χ4n) is 2.54. The van der Waals surface area contributed by atoms with Crippen LogP contribution in [-0.4, -0.2) is 42.5 Å². The normalized spacial score (nSPS) is 11.3. The summed E-state index contributed by atoms with van der Waals surface area (Å²) >= 11 is 0. The first-order valence-electron chi connectivity index (χ1n) is 9.00. The second-order valence-electron chi connectivity index (χ2n) is 5.81. The molecule has 0 fully saturated rings. The van der Waals surface area contributed by atoms with Crippen molar-refractivity contribution in [1.82, 2.24) is 15.1 Å². The number of aromatic nitrogens is 2. The van der Waals surface area contributed by atoms with E-state index in [0.29, 0.717) is 12.4 Å². The van der Waals surface area contributed by atoms with Gasteiger partial charge in [0, 0.05) is 38.1 Å². The molecule has 0 aliphatic rings. The third-order valence-electron chi connectivity index (χ3n) is 3.72. The van der Waals surface area contributed by atoms with E-state index < -0.39 is 0 Å². The Morgan fingerprint density at radius 1 is 1.27 bits per heavy atom. The summed E-state index contributed by atoms with van der Waals surface area (Å²) in [6.07, 6.45) is 5.88. The van der Waals surface area contributed by atoms with Gasteiger partial charge in [0.05, 0.1) is 19.9 Å². The number of ether oxygens (including phenoxy) is 2. The molecule has 1 aromatic heterocycles. The topological polar surface area (TPSA) is 72.7 Å². The van der Waals surface area contributed by atoms with Gasteiger partial charge in [-0.05, 0) is 44.4 Å². The average molecular weight is 359 g/mol. The first-order valence-corrected chi connectivity index (χ1v) is 9.00. The van der Waals surface area contributed by atoms with Crippen molar-refractivity contribution in [2.24, 2.45) is 12.0 Å². The van der Waals surface area contributed by atoms with Gasteiger partial charge in [-0.2, -0.15) is 5.10 Å². The van der Waals surface area contributed by atoms with Crippen molar-refractivity contribution in [2.45, 2.75) is 26.7 Å². The fraction of sp³-hybridized carbons (Fsp3) is 0.474. The van der Waals surface area contributed by atoms with E-state index in [0.717, 1.165) is 43.3 Å². The van der Waals surface area contributed by atoms with Crippen molar-refractivity contribution in [3.8, 4) is 11.5 Å². The molecular formula is C19H29N5O2. The number of methoxy groups -OCH3 is 1. The molecule has 0 amide bonds.